The van der Waals surface area contributed by atoms with Gasteiger partial charge in [0, 0.05) is 17.5 Å². The Balaban J connectivity index is 1.76. The van der Waals surface area contributed by atoms with Crippen LogP contribution in [-0.2, 0) is 6.42 Å². The maximum absolute atomic E-state index is 6.20. The van der Waals surface area contributed by atoms with Gasteiger partial charge >= 0.3 is 0 Å². The lowest BCUT2D eigenvalue weighted by Gasteiger charge is -2.25. The van der Waals surface area contributed by atoms with E-state index >= 15 is 0 Å². The van der Waals surface area contributed by atoms with Crippen molar-refractivity contribution in [1.82, 2.24) is 9.88 Å². The molecule has 0 radical (unpaired) electrons. The number of likely N-dealkylation sites (tertiary alicyclic amines) is 1. The van der Waals surface area contributed by atoms with E-state index in [-0.39, 0.29) is 0 Å². The topological polar surface area (TPSA) is 29.3 Å². The Morgan fingerprint density at radius 2 is 2.19 bits per heavy atom. The van der Waals surface area contributed by atoms with Crippen LogP contribution in [0.4, 0.5) is 0 Å². The molecule has 1 aromatic heterocycles. The largest absolute Gasteiger partial charge is 0.444 e. The van der Waals surface area contributed by atoms with Gasteiger partial charge in [-0.1, -0.05) is 29.8 Å². The number of halogens is 1. The van der Waals surface area contributed by atoms with Gasteiger partial charge in [0.2, 0.25) is 5.89 Å². The number of benzene rings is 1. The molecule has 0 saturated carbocycles. The molecule has 3 nitrogen and oxygen atoms in total. The second-order valence-corrected chi connectivity index (χ2v) is 6.33. The Morgan fingerprint density at radius 1 is 1.38 bits per heavy atom. The molecule has 21 heavy (non-hydrogen) atoms. The van der Waals surface area contributed by atoms with Gasteiger partial charge in [-0.05, 0) is 44.9 Å². The van der Waals surface area contributed by atoms with Crippen LogP contribution in [0.2, 0.25) is 5.02 Å². The predicted octanol–water partition coefficient (Wildman–Crippen LogP) is 4.46. The summed E-state index contributed by atoms with van der Waals surface area (Å²) in [6, 6.07) is 8.72. The highest BCUT2D eigenvalue weighted by atomic mass is 35.5. The summed E-state index contributed by atoms with van der Waals surface area (Å²) in [5.74, 6) is 1.73. The normalized spacial score (nSPS) is 19.5. The highest BCUT2D eigenvalue weighted by Crippen LogP contribution is 2.33. The summed E-state index contributed by atoms with van der Waals surface area (Å²) >= 11 is 6.20. The van der Waals surface area contributed by atoms with Crippen LogP contribution in [0.15, 0.2) is 34.9 Å². The zero-order valence-electron chi connectivity index (χ0n) is 12.6. The average molecular weight is 305 g/mol. The molecular weight excluding hydrogens is 284 g/mol. The van der Waals surface area contributed by atoms with Gasteiger partial charge in [0.05, 0.1) is 12.2 Å². The maximum atomic E-state index is 6.20. The van der Waals surface area contributed by atoms with E-state index in [0.29, 0.717) is 18.5 Å². The molecule has 0 N–H and O–H groups in total. The van der Waals surface area contributed by atoms with E-state index in [0.717, 1.165) is 35.2 Å². The van der Waals surface area contributed by atoms with E-state index in [9.17, 15) is 0 Å². The van der Waals surface area contributed by atoms with Gasteiger partial charge in [0.15, 0.2) is 0 Å². The summed E-state index contributed by atoms with van der Waals surface area (Å²) in [6.07, 6.45) is 4.88. The van der Waals surface area contributed by atoms with Crippen LogP contribution in [0, 0.1) is 0 Å². The van der Waals surface area contributed by atoms with Crippen molar-refractivity contribution in [2.24, 2.45) is 0 Å². The molecule has 0 spiro atoms. The molecule has 1 saturated heterocycles. The summed E-state index contributed by atoms with van der Waals surface area (Å²) in [5, 5.41) is 0.778. The lowest BCUT2D eigenvalue weighted by Crippen LogP contribution is -2.30. The van der Waals surface area contributed by atoms with E-state index in [2.05, 4.69) is 23.7 Å². The minimum absolute atomic E-state index is 0.324. The monoisotopic (exact) mass is 304 g/mol. The minimum atomic E-state index is 0.324. The number of hydrogen-bond acceptors (Lipinski definition) is 3. The number of hydrogen-bond donors (Lipinski definition) is 0. The van der Waals surface area contributed by atoms with Gasteiger partial charge in [-0.2, -0.15) is 0 Å². The molecule has 1 aromatic carbocycles. The fourth-order valence-electron chi connectivity index (χ4n) is 3.06. The molecule has 0 amide bonds. The first-order valence-electron chi connectivity index (χ1n) is 7.59. The van der Waals surface area contributed by atoms with Gasteiger partial charge in [-0.15, -0.1) is 0 Å². The van der Waals surface area contributed by atoms with Crippen molar-refractivity contribution in [3.05, 3.63) is 52.7 Å². The first-order chi connectivity index (χ1) is 10.1. The van der Waals surface area contributed by atoms with E-state index < -0.39 is 0 Å². The molecule has 0 unspecified atom stereocenters. The third kappa shape index (κ3) is 3.14. The highest BCUT2D eigenvalue weighted by Gasteiger charge is 2.31. The lowest BCUT2D eigenvalue weighted by molar-refractivity contribution is 0.178. The van der Waals surface area contributed by atoms with Crippen LogP contribution in [0.25, 0.3) is 0 Å². The smallest absolute Gasteiger partial charge is 0.211 e. The van der Waals surface area contributed by atoms with Crippen molar-refractivity contribution in [3.63, 3.8) is 0 Å². The summed E-state index contributed by atoms with van der Waals surface area (Å²) in [5.41, 5.74) is 1.08. The van der Waals surface area contributed by atoms with E-state index in [1.807, 2.05) is 30.5 Å². The molecule has 1 aliphatic heterocycles. The summed E-state index contributed by atoms with van der Waals surface area (Å²) < 4.78 is 6.00. The Kier molecular flexibility index (Phi) is 4.32. The van der Waals surface area contributed by atoms with Crippen LogP contribution in [0.5, 0.6) is 0 Å². The van der Waals surface area contributed by atoms with Crippen molar-refractivity contribution >= 4 is 11.6 Å². The van der Waals surface area contributed by atoms with Gasteiger partial charge in [0.1, 0.15) is 5.76 Å². The molecule has 0 aliphatic carbocycles. The standard InChI is InChI=1S/C17H21ClN2O/c1-12(2)20-9-5-8-16(20)17-19-11-14(21-17)10-13-6-3-4-7-15(13)18/h3-4,6-7,11-12,16H,5,8-10H2,1-2H3/t16-/m1/s1. The van der Waals surface area contributed by atoms with Crippen molar-refractivity contribution in [1.29, 1.82) is 0 Å². The molecule has 2 aromatic rings. The lowest BCUT2D eigenvalue weighted by atomic mass is 10.1. The highest BCUT2D eigenvalue weighted by molar-refractivity contribution is 6.31. The SMILES string of the molecule is CC(C)N1CCC[C@@H]1c1ncc(Cc2ccccc2Cl)o1. The third-order valence-electron chi connectivity index (χ3n) is 4.14. The number of nitrogens with zero attached hydrogens (tertiary/aromatic N) is 2. The van der Waals surface area contributed by atoms with Gasteiger partial charge in [-0.25, -0.2) is 4.98 Å². The van der Waals surface area contributed by atoms with E-state index in [1.54, 1.807) is 0 Å². The number of oxazole rings is 1. The van der Waals surface area contributed by atoms with Gasteiger partial charge < -0.3 is 4.42 Å². The van der Waals surface area contributed by atoms with E-state index in [1.165, 1.54) is 6.42 Å². The molecular formula is C17H21ClN2O. The van der Waals surface area contributed by atoms with Crippen molar-refractivity contribution in [3.8, 4) is 0 Å². The molecule has 112 valence electrons. The van der Waals surface area contributed by atoms with Crippen LogP contribution in [0.1, 0.15) is 49.9 Å². The summed E-state index contributed by atoms with van der Waals surface area (Å²) in [6.45, 7) is 5.59. The van der Waals surface area contributed by atoms with Crippen molar-refractivity contribution in [2.45, 2.75) is 45.2 Å². The molecule has 4 heteroatoms. The van der Waals surface area contributed by atoms with Gasteiger partial charge in [-0.3, -0.25) is 4.90 Å². The first-order valence-corrected chi connectivity index (χ1v) is 7.96. The Hall–Kier alpha value is -1.32. The zero-order valence-corrected chi connectivity index (χ0v) is 13.3. The zero-order chi connectivity index (χ0) is 14.8. The van der Waals surface area contributed by atoms with Crippen molar-refractivity contribution in [2.75, 3.05) is 6.54 Å². The summed E-state index contributed by atoms with van der Waals surface area (Å²) in [4.78, 5) is 6.97. The first kappa shape index (κ1) is 14.6. The molecule has 1 fully saturated rings. The molecule has 2 heterocycles. The van der Waals surface area contributed by atoms with E-state index in [4.69, 9.17) is 16.0 Å². The molecule has 0 bridgehead atoms. The number of rotatable bonds is 4. The average Bonchev–Trinajstić information content (AvgIpc) is 3.09. The van der Waals surface area contributed by atoms with Crippen LogP contribution in [-0.4, -0.2) is 22.5 Å². The quantitative estimate of drug-likeness (QED) is 0.835. The van der Waals surface area contributed by atoms with Crippen LogP contribution < -0.4 is 0 Å². The van der Waals surface area contributed by atoms with Crippen molar-refractivity contribution < 1.29 is 4.42 Å². The molecule has 1 atom stereocenters. The fraction of sp³-hybridized carbons (Fsp3) is 0.471. The van der Waals surface area contributed by atoms with Crippen LogP contribution in [0.3, 0.4) is 0 Å². The Labute approximate surface area is 130 Å². The van der Waals surface area contributed by atoms with Gasteiger partial charge in [0.25, 0.3) is 0 Å². The number of aromatic nitrogens is 1. The predicted molar refractivity (Wildman–Crippen MR) is 84.6 cm³/mol. The minimum Gasteiger partial charge on any atom is -0.444 e. The molecule has 3 rings (SSSR count). The second-order valence-electron chi connectivity index (χ2n) is 5.92. The van der Waals surface area contributed by atoms with Crippen LogP contribution >= 0.6 is 11.6 Å². The second kappa shape index (κ2) is 6.20. The Morgan fingerprint density at radius 3 is 2.95 bits per heavy atom. The third-order valence-corrected chi connectivity index (χ3v) is 4.51. The Bertz CT molecular complexity index is 608. The molecule has 1 aliphatic rings. The summed E-state index contributed by atoms with van der Waals surface area (Å²) in [7, 11) is 0. The fourth-order valence-corrected chi connectivity index (χ4v) is 3.26. The maximum Gasteiger partial charge on any atom is 0.211 e.